The van der Waals surface area contributed by atoms with Crippen LogP contribution < -0.4 is 0 Å². The van der Waals surface area contributed by atoms with Crippen LogP contribution in [0.15, 0.2) is 29.4 Å². The summed E-state index contributed by atoms with van der Waals surface area (Å²) in [6, 6.07) is 6.59. The van der Waals surface area contributed by atoms with Gasteiger partial charge in [-0.1, -0.05) is 11.8 Å². The van der Waals surface area contributed by atoms with Gasteiger partial charge in [0.05, 0.1) is 5.69 Å². The second-order valence-electron chi connectivity index (χ2n) is 4.28. The van der Waals surface area contributed by atoms with Crippen molar-refractivity contribution in [3.8, 4) is 11.4 Å². The van der Waals surface area contributed by atoms with Crippen molar-refractivity contribution in [2.75, 3.05) is 19.8 Å². The fourth-order valence-electron chi connectivity index (χ4n) is 1.48. The Morgan fingerprint density at radius 3 is 2.70 bits per heavy atom. The van der Waals surface area contributed by atoms with E-state index in [2.05, 4.69) is 15.5 Å². The van der Waals surface area contributed by atoms with E-state index in [4.69, 9.17) is 0 Å². The molecule has 0 aliphatic carbocycles. The van der Waals surface area contributed by atoms with Gasteiger partial charge in [-0.05, 0) is 34.7 Å². The molecule has 0 radical (unpaired) electrons. The van der Waals surface area contributed by atoms with Crippen LogP contribution >= 0.6 is 11.8 Å². The second-order valence-corrected chi connectivity index (χ2v) is 5.34. The van der Waals surface area contributed by atoms with Crippen LogP contribution in [0.1, 0.15) is 6.42 Å². The number of tetrazole rings is 1. The maximum atomic E-state index is 11.5. The summed E-state index contributed by atoms with van der Waals surface area (Å²) in [4.78, 5) is 13.0. The molecule has 1 aromatic carbocycles. The van der Waals surface area contributed by atoms with E-state index < -0.39 is 0 Å². The van der Waals surface area contributed by atoms with E-state index in [1.807, 2.05) is 0 Å². The number of rotatable bonds is 5. The molecule has 0 fully saturated rings. The molecule has 0 saturated heterocycles. The number of hydrogen-bond acceptors (Lipinski definition) is 6. The number of benzene rings is 1. The summed E-state index contributed by atoms with van der Waals surface area (Å²) in [7, 11) is 3.46. The molecule has 0 aliphatic heterocycles. The topological polar surface area (TPSA) is 84.1 Å². The van der Waals surface area contributed by atoms with Crippen LogP contribution in [-0.4, -0.2) is 56.0 Å². The number of amides is 1. The van der Waals surface area contributed by atoms with Crippen LogP contribution in [0.25, 0.3) is 5.69 Å². The van der Waals surface area contributed by atoms with Crippen molar-refractivity contribution in [3.05, 3.63) is 24.3 Å². The lowest BCUT2D eigenvalue weighted by molar-refractivity contribution is -0.128. The van der Waals surface area contributed by atoms with Crippen LogP contribution in [0.3, 0.4) is 0 Å². The van der Waals surface area contributed by atoms with Gasteiger partial charge in [0.2, 0.25) is 11.1 Å². The third-order valence-corrected chi connectivity index (χ3v) is 3.50. The zero-order chi connectivity index (χ0) is 14.5. The molecule has 0 aliphatic rings. The van der Waals surface area contributed by atoms with E-state index in [1.165, 1.54) is 11.8 Å². The number of phenols is 1. The van der Waals surface area contributed by atoms with Crippen LogP contribution in [0.5, 0.6) is 5.75 Å². The predicted octanol–water partition coefficient (Wildman–Crippen LogP) is 0.938. The highest BCUT2D eigenvalue weighted by atomic mass is 32.2. The molecule has 0 unspecified atom stereocenters. The molecular weight excluding hydrogens is 278 g/mol. The smallest absolute Gasteiger partial charge is 0.222 e. The lowest BCUT2D eigenvalue weighted by Gasteiger charge is -2.09. The maximum absolute atomic E-state index is 11.5. The summed E-state index contributed by atoms with van der Waals surface area (Å²) >= 11 is 1.42. The minimum atomic E-state index is 0.0705. The molecule has 0 saturated carbocycles. The van der Waals surface area contributed by atoms with Crippen molar-refractivity contribution in [2.45, 2.75) is 11.6 Å². The third kappa shape index (κ3) is 3.47. The monoisotopic (exact) mass is 293 g/mol. The molecular formula is C12H15N5O2S. The number of hydrogen-bond donors (Lipinski definition) is 1. The summed E-state index contributed by atoms with van der Waals surface area (Å²) < 4.78 is 1.57. The molecule has 8 heteroatoms. The third-order valence-electron chi connectivity index (χ3n) is 2.58. The molecule has 1 aromatic heterocycles. The van der Waals surface area contributed by atoms with Crippen LogP contribution in [0, 0.1) is 0 Å². The van der Waals surface area contributed by atoms with Gasteiger partial charge in [0.25, 0.3) is 0 Å². The average molecular weight is 293 g/mol. The Bertz CT molecular complexity index is 582. The molecule has 20 heavy (non-hydrogen) atoms. The Morgan fingerprint density at radius 2 is 2.05 bits per heavy atom. The summed E-state index contributed by atoms with van der Waals surface area (Å²) in [5, 5.41) is 21.4. The largest absolute Gasteiger partial charge is 0.508 e. The van der Waals surface area contributed by atoms with E-state index in [9.17, 15) is 9.90 Å². The molecule has 106 valence electrons. The number of nitrogens with zero attached hydrogens (tertiary/aromatic N) is 5. The van der Waals surface area contributed by atoms with Gasteiger partial charge in [0.15, 0.2) is 0 Å². The molecule has 1 amide bonds. The molecule has 2 aromatic rings. The highest BCUT2D eigenvalue weighted by Gasteiger charge is 2.10. The zero-order valence-electron chi connectivity index (χ0n) is 11.2. The van der Waals surface area contributed by atoms with Gasteiger partial charge in [0, 0.05) is 26.3 Å². The van der Waals surface area contributed by atoms with Gasteiger partial charge < -0.3 is 10.0 Å². The first-order chi connectivity index (χ1) is 9.58. The van der Waals surface area contributed by atoms with E-state index in [0.29, 0.717) is 17.3 Å². The highest BCUT2D eigenvalue weighted by molar-refractivity contribution is 7.99. The average Bonchev–Trinajstić information content (AvgIpc) is 2.88. The Balaban J connectivity index is 2.02. The van der Waals surface area contributed by atoms with Crippen molar-refractivity contribution in [3.63, 3.8) is 0 Å². The number of aromatic nitrogens is 4. The fourth-order valence-corrected chi connectivity index (χ4v) is 2.30. The Kier molecular flexibility index (Phi) is 4.57. The first-order valence-corrected chi connectivity index (χ1v) is 6.97. The van der Waals surface area contributed by atoms with Crippen molar-refractivity contribution in [2.24, 2.45) is 0 Å². The summed E-state index contributed by atoms with van der Waals surface area (Å²) in [6.07, 6.45) is 0.431. The summed E-state index contributed by atoms with van der Waals surface area (Å²) in [5.74, 6) is 0.865. The number of thioether (sulfide) groups is 1. The maximum Gasteiger partial charge on any atom is 0.222 e. The van der Waals surface area contributed by atoms with Gasteiger partial charge in [-0.25, -0.2) is 0 Å². The molecule has 0 atom stereocenters. The van der Waals surface area contributed by atoms with Gasteiger partial charge in [-0.3, -0.25) is 4.79 Å². The SMILES string of the molecule is CN(C)C(=O)CCSc1nnnn1-c1ccc(O)cc1. The zero-order valence-corrected chi connectivity index (χ0v) is 12.0. The number of phenolic OH excluding ortho intramolecular Hbond substituents is 1. The van der Waals surface area contributed by atoms with Crippen molar-refractivity contribution < 1.29 is 9.90 Å². The Labute approximate surface area is 120 Å². The van der Waals surface area contributed by atoms with E-state index in [-0.39, 0.29) is 11.7 Å². The summed E-state index contributed by atoms with van der Waals surface area (Å²) in [5.41, 5.74) is 0.759. The standard InChI is InChI=1S/C12H15N5O2S/c1-16(2)11(19)7-8-20-12-13-14-15-17(12)9-3-5-10(18)6-4-9/h3-6,18H,7-8H2,1-2H3. The van der Waals surface area contributed by atoms with E-state index in [1.54, 1.807) is 47.9 Å². The van der Waals surface area contributed by atoms with Crippen molar-refractivity contribution >= 4 is 17.7 Å². The van der Waals surface area contributed by atoms with Gasteiger partial charge >= 0.3 is 0 Å². The predicted molar refractivity (Wildman–Crippen MR) is 74.9 cm³/mol. The number of aromatic hydroxyl groups is 1. The highest BCUT2D eigenvalue weighted by Crippen LogP contribution is 2.20. The van der Waals surface area contributed by atoms with Crippen molar-refractivity contribution in [1.29, 1.82) is 0 Å². The van der Waals surface area contributed by atoms with Gasteiger partial charge in [-0.15, -0.1) is 5.10 Å². The normalized spacial score (nSPS) is 10.5. The number of carbonyl (C=O) groups is 1. The van der Waals surface area contributed by atoms with E-state index >= 15 is 0 Å². The van der Waals surface area contributed by atoms with E-state index in [0.717, 1.165) is 5.69 Å². The van der Waals surface area contributed by atoms with Gasteiger partial charge in [0.1, 0.15) is 5.75 Å². The quantitative estimate of drug-likeness (QED) is 0.826. The van der Waals surface area contributed by atoms with Gasteiger partial charge in [-0.2, -0.15) is 4.68 Å². The fraction of sp³-hybridized carbons (Fsp3) is 0.333. The molecule has 7 nitrogen and oxygen atoms in total. The minimum absolute atomic E-state index is 0.0705. The molecule has 1 heterocycles. The first-order valence-electron chi connectivity index (χ1n) is 5.98. The summed E-state index contributed by atoms with van der Waals surface area (Å²) in [6.45, 7) is 0. The Hall–Kier alpha value is -2.09. The minimum Gasteiger partial charge on any atom is -0.508 e. The van der Waals surface area contributed by atoms with Crippen molar-refractivity contribution in [1.82, 2.24) is 25.1 Å². The van der Waals surface area contributed by atoms with Crippen LogP contribution in [0.2, 0.25) is 0 Å². The van der Waals surface area contributed by atoms with Crippen LogP contribution in [-0.2, 0) is 4.79 Å². The van der Waals surface area contributed by atoms with Crippen LogP contribution in [0.4, 0.5) is 0 Å². The number of carbonyl (C=O) groups excluding carboxylic acids is 1. The molecule has 1 N–H and O–H groups in total. The second kappa shape index (κ2) is 6.38. The Morgan fingerprint density at radius 1 is 1.35 bits per heavy atom. The lowest BCUT2D eigenvalue weighted by Crippen LogP contribution is -2.21. The molecule has 0 bridgehead atoms. The lowest BCUT2D eigenvalue weighted by atomic mass is 10.3. The first kappa shape index (κ1) is 14.3. The molecule has 0 spiro atoms. The molecule has 2 rings (SSSR count).